The average Bonchev–Trinajstić information content (AvgIpc) is 2.40. The van der Waals surface area contributed by atoms with E-state index >= 15 is 0 Å². The normalized spacial score (nSPS) is 15.5. The lowest BCUT2D eigenvalue weighted by Crippen LogP contribution is -2.20. The van der Waals surface area contributed by atoms with Crippen LogP contribution >= 0.6 is 0 Å². The fraction of sp³-hybridized carbons (Fsp3) is 0.333. The molecule has 1 aromatic rings. The Morgan fingerprint density at radius 3 is 2.41 bits per heavy atom. The molecule has 0 aromatic heterocycles. The monoisotopic (exact) mass is 227 g/mol. The fourth-order valence-electron chi connectivity index (χ4n) is 2.25. The van der Waals surface area contributed by atoms with E-state index < -0.39 is 0 Å². The highest BCUT2D eigenvalue weighted by Gasteiger charge is 2.25. The van der Waals surface area contributed by atoms with Gasteiger partial charge < -0.3 is 0 Å². The summed E-state index contributed by atoms with van der Waals surface area (Å²) in [6, 6.07) is 7.55. The standard InChI is InChI=1S/C15H17NO/c1-15(2,12-6-4-3-5-7-12)13-8-10-14(16-17)11-9-13/h3-4,6,8-11H,5,7H2,1-2H3. The van der Waals surface area contributed by atoms with Gasteiger partial charge in [-0.3, -0.25) is 0 Å². The molecule has 0 spiro atoms. The van der Waals surface area contributed by atoms with Crippen molar-refractivity contribution in [1.29, 1.82) is 0 Å². The number of nitroso groups, excluding NO2 is 1. The van der Waals surface area contributed by atoms with Gasteiger partial charge in [0, 0.05) is 5.41 Å². The Kier molecular flexibility index (Phi) is 3.23. The molecular weight excluding hydrogens is 210 g/mol. The molecule has 0 saturated heterocycles. The summed E-state index contributed by atoms with van der Waals surface area (Å²) < 4.78 is 0. The van der Waals surface area contributed by atoms with Gasteiger partial charge in [0.05, 0.1) is 0 Å². The van der Waals surface area contributed by atoms with Gasteiger partial charge in [0.2, 0.25) is 0 Å². The van der Waals surface area contributed by atoms with Crippen LogP contribution in [-0.4, -0.2) is 0 Å². The minimum Gasteiger partial charge on any atom is -0.145 e. The molecule has 17 heavy (non-hydrogen) atoms. The summed E-state index contributed by atoms with van der Waals surface area (Å²) in [5.41, 5.74) is 3.17. The van der Waals surface area contributed by atoms with E-state index in [9.17, 15) is 4.91 Å². The quantitative estimate of drug-likeness (QED) is 0.692. The lowest BCUT2D eigenvalue weighted by atomic mass is 9.75. The molecule has 0 unspecified atom stereocenters. The van der Waals surface area contributed by atoms with Gasteiger partial charge in [-0.05, 0) is 35.7 Å². The van der Waals surface area contributed by atoms with Gasteiger partial charge in [0.15, 0.2) is 0 Å². The summed E-state index contributed by atoms with van der Waals surface area (Å²) in [5, 5.41) is 2.93. The van der Waals surface area contributed by atoms with Gasteiger partial charge in [-0.1, -0.05) is 49.8 Å². The average molecular weight is 227 g/mol. The zero-order valence-electron chi connectivity index (χ0n) is 10.3. The molecule has 0 bridgehead atoms. The molecule has 0 saturated carbocycles. The van der Waals surface area contributed by atoms with E-state index in [1.54, 1.807) is 12.1 Å². The van der Waals surface area contributed by atoms with Crippen LogP contribution < -0.4 is 0 Å². The second-order valence-corrected chi connectivity index (χ2v) is 4.92. The molecule has 0 atom stereocenters. The number of rotatable bonds is 3. The summed E-state index contributed by atoms with van der Waals surface area (Å²) in [6.07, 6.45) is 8.75. The highest BCUT2D eigenvalue weighted by molar-refractivity contribution is 5.44. The van der Waals surface area contributed by atoms with Crippen molar-refractivity contribution in [1.82, 2.24) is 0 Å². The Morgan fingerprint density at radius 2 is 1.88 bits per heavy atom. The predicted molar refractivity (Wildman–Crippen MR) is 71.4 cm³/mol. The van der Waals surface area contributed by atoms with Crippen molar-refractivity contribution in [2.24, 2.45) is 5.18 Å². The van der Waals surface area contributed by atoms with E-state index in [1.165, 1.54) is 11.1 Å². The number of allylic oxidation sites excluding steroid dienone is 4. The largest absolute Gasteiger partial charge is 0.145 e. The van der Waals surface area contributed by atoms with E-state index in [0.29, 0.717) is 5.69 Å². The van der Waals surface area contributed by atoms with Crippen molar-refractivity contribution in [2.45, 2.75) is 32.1 Å². The van der Waals surface area contributed by atoms with Crippen LogP contribution in [0.25, 0.3) is 0 Å². The third-order valence-electron chi connectivity index (χ3n) is 3.51. The van der Waals surface area contributed by atoms with Crippen LogP contribution in [0.1, 0.15) is 32.3 Å². The van der Waals surface area contributed by atoms with Crippen molar-refractivity contribution in [2.75, 3.05) is 0 Å². The van der Waals surface area contributed by atoms with Gasteiger partial charge >= 0.3 is 0 Å². The van der Waals surface area contributed by atoms with Crippen LogP contribution in [0.4, 0.5) is 5.69 Å². The van der Waals surface area contributed by atoms with Crippen molar-refractivity contribution in [3.63, 3.8) is 0 Å². The molecule has 0 N–H and O–H groups in total. The van der Waals surface area contributed by atoms with E-state index in [4.69, 9.17) is 0 Å². The first-order valence-electron chi connectivity index (χ1n) is 5.94. The van der Waals surface area contributed by atoms with Gasteiger partial charge in [-0.2, -0.15) is 0 Å². The molecule has 0 fully saturated rings. The number of hydrogen-bond acceptors (Lipinski definition) is 2. The fourth-order valence-corrected chi connectivity index (χ4v) is 2.25. The van der Waals surface area contributed by atoms with Crippen LogP contribution in [0.3, 0.4) is 0 Å². The molecule has 1 aliphatic carbocycles. The third kappa shape index (κ3) is 2.36. The maximum Gasteiger partial charge on any atom is 0.108 e. The SMILES string of the molecule is CC(C)(C1=CC=CCC1)c1ccc(N=O)cc1. The van der Waals surface area contributed by atoms with E-state index in [1.807, 2.05) is 12.1 Å². The number of hydrogen-bond donors (Lipinski definition) is 0. The zero-order chi connectivity index (χ0) is 12.3. The smallest absolute Gasteiger partial charge is 0.108 e. The van der Waals surface area contributed by atoms with Crippen LogP contribution in [0.5, 0.6) is 0 Å². The Hall–Kier alpha value is -1.70. The maximum absolute atomic E-state index is 10.4. The molecule has 2 nitrogen and oxygen atoms in total. The van der Waals surface area contributed by atoms with E-state index in [-0.39, 0.29) is 5.41 Å². The molecule has 1 aromatic carbocycles. The zero-order valence-corrected chi connectivity index (χ0v) is 10.3. The van der Waals surface area contributed by atoms with Gasteiger partial charge in [0.1, 0.15) is 5.69 Å². The minimum atomic E-state index is 0.0200. The first-order chi connectivity index (χ1) is 8.14. The van der Waals surface area contributed by atoms with Gasteiger partial charge in [-0.15, -0.1) is 4.91 Å². The molecule has 2 rings (SSSR count). The molecular formula is C15H17NO. The Labute approximate surface area is 102 Å². The molecule has 88 valence electrons. The lowest BCUT2D eigenvalue weighted by Gasteiger charge is -2.30. The topological polar surface area (TPSA) is 29.4 Å². The summed E-state index contributed by atoms with van der Waals surface area (Å²) in [6.45, 7) is 4.45. The Bertz CT molecular complexity index is 466. The van der Waals surface area contributed by atoms with Crippen LogP contribution in [0, 0.1) is 4.91 Å². The maximum atomic E-state index is 10.4. The molecule has 0 aliphatic heterocycles. The molecule has 0 heterocycles. The Balaban J connectivity index is 2.32. The lowest BCUT2D eigenvalue weighted by molar-refractivity contribution is 0.590. The number of benzene rings is 1. The van der Waals surface area contributed by atoms with Crippen molar-refractivity contribution in [3.05, 3.63) is 58.5 Å². The van der Waals surface area contributed by atoms with Crippen molar-refractivity contribution in [3.8, 4) is 0 Å². The summed E-state index contributed by atoms with van der Waals surface area (Å²) in [7, 11) is 0. The van der Waals surface area contributed by atoms with E-state index in [0.717, 1.165) is 12.8 Å². The molecule has 0 amide bonds. The summed E-state index contributed by atoms with van der Waals surface area (Å²) >= 11 is 0. The van der Waals surface area contributed by atoms with Gasteiger partial charge in [-0.25, -0.2) is 0 Å². The molecule has 1 aliphatic rings. The molecule has 0 radical (unpaired) electrons. The third-order valence-corrected chi connectivity index (χ3v) is 3.51. The summed E-state index contributed by atoms with van der Waals surface area (Å²) in [5.74, 6) is 0. The minimum absolute atomic E-state index is 0.0200. The highest BCUT2D eigenvalue weighted by Crippen LogP contribution is 2.36. The molecule has 2 heteroatoms. The number of nitrogens with zero attached hydrogens (tertiary/aromatic N) is 1. The highest BCUT2D eigenvalue weighted by atomic mass is 16.3. The first kappa shape index (κ1) is 11.8. The van der Waals surface area contributed by atoms with Gasteiger partial charge in [0.25, 0.3) is 0 Å². The van der Waals surface area contributed by atoms with E-state index in [2.05, 4.69) is 37.3 Å². The Morgan fingerprint density at radius 1 is 1.18 bits per heavy atom. The van der Waals surface area contributed by atoms with Crippen molar-refractivity contribution >= 4 is 5.69 Å². The van der Waals surface area contributed by atoms with Crippen LogP contribution in [0.2, 0.25) is 0 Å². The van der Waals surface area contributed by atoms with Crippen LogP contribution in [0.15, 0.2) is 53.2 Å². The first-order valence-corrected chi connectivity index (χ1v) is 5.94. The predicted octanol–water partition coefficient (Wildman–Crippen LogP) is 4.64. The second kappa shape index (κ2) is 4.66. The van der Waals surface area contributed by atoms with Crippen molar-refractivity contribution < 1.29 is 0 Å². The second-order valence-electron chi connectivity index (χ2n) is 4.92. The summed E-state index contributed by atoms with van der Waals surface area (Å²) in [4.78, 5) is 10.4. The van der Waals surface area contributed by atoms with Crippen LogP contribution in [-0.2, 0) is 5.41 Å².